The number of halogens is 2. The van der Waals surface area contributed by atoms with Crippen LogP contribution in [0.3, 0.4) is 0 Å². The predicted molar refractivity (Wildman–Crippen MR) is 78.6 cm³/mol. The number of hydrogen-bond donors (Lipinski definition) is 2. The van der Waals surface area contributed by atoms with Gasteiger partial charge in [-0.3, -0.25) is 0 Å². The molecule has 0 spiro atoms. The number of rotatable bonds is 2. The normalized spacial score (nSPS) is 18.2. The molecular weight excluding hydrogens is 269 g/mol. The third kappa shape index (κ3) is 3.31. The monoisotopic (exact) mass is 289 g/mol. The highest BCUT2D eigenvalue weighted by Gasteiger charge is 2.24. The zero-order valence-corrected chi connectivity index (χ0v) is 12.2. The second kappa shape index (κ2) is 6.65. The lowest BCUT2D eigenvalue weighted by Crippen LogP contribution is -2.23. The summed E-state index contributed by atoms with van der Waals surface area (Å²) in [6.07, 6.45) is 6.12. The van der Waals surface area contributed by atoms with Gasteiger partial charge >= 0.3 is 0 Å². The molecule has 0 saturated heterocycles. The van der Waals surface area contributed by atoms with Crippen molar-refractivity contribution in [2.75, 3.05) is 0 Å². The molecule has 1 aromatic carbocycles. The number of nitrogens with two attached hydrogens (primary N) is 1. The quantitative estimate of drug-likeness (QED) is 0.850. The molecular formula is C14H21Cl2NO. The maximum atomic E-state index is 10.1. The first kappa shape index (κ1) is 15.6. The van der Waals surface area contributed by atoms with Crippen LogP contribution in [0.2, 0.25) is 5.02 Å². The summed E-state index contributed by atoms with van der Waals surface area (Å²) >= 11 is 6.04. The van der Waals surface area contributed by atoms with Crippen molar-refractivity contribution in [2.45, 2.75) is 45.1 Å². The van der Waals surface area contributed by atoms with Crippen molar-refractivity contribution in [1.29, 1.82) is 0 Å². The van der Waals surface area contributed by atoms with Gasteiger partial charge in [-0.25, -0.2) is 0 Å². The first-order valence-electron chi connectivity index (χ1n) is 6.34. The molecule has 102 valence electrons. The van der Waals surface area contributed by atoms with Crippen molar-refractivity contribution >= 4 is 24.0 Å². The SMILES string of the molecule is Cc1cc(Cl)cc([C@H](N)C2CCCCC2)c1O.Cl. The summed E-state index contributed by atoms with van der Waals surface area (Å²) in [5.41, 5.74) is 7.90. The second-order valence-electron chi connectivity index (χ2n) is 5.08. The van der Waals surface area contributed by atoms with Gasteiger partial charge in [-0.2, -0.15) is 0 Å². The van der Waals surface area contributed by atoms with Crippen LogP contribution in [-0.4, -0.2) is 5.11 Å². The Labute approximate surface area is 120 Å². The Balaban J connectivity index is 0.00000162. The molecule has 2 rings (SSSR count). The summed E-state index contributed by atoms with van der Waals surface area (Å²) in [7, 11) is 0. The maximum absolute atomic E-state index is 10.1. The molecule has 4 heteroatoms. The second-order valence-corrected chi connectivity index (χ2v) is 5.52. The van der Waals surface area contributed by atoms with Crippen LogP contribution in [0.25, 0.3) is 0 Å². The minimum absolute atomic E-state index is 0. The Bertz CT molecular complexity index is 403. The molecule has 1 atom stereocenters. The third-order valence-electron chi connectivity index (χ3n) is 3.81. The molecule has 0 radical (unpaired) electrons. The largest absolute Gasteiger partial charge is 0.507 e. The Morgan fingerprint density at radius 2 is 1.89 bits per heavy atom. The molecule has 0 amide bonds. The molecule has 18 heavy (non-hydrogen) atoms. The number of phenols is 1. The van der Waals surface area contributed by atoms with E-state index in [9.17, 15) is 5.11 Å². The Morgan fingerprint density at radius 1 is 1.28 bits per heavy atom. The van der Waals surface area contributed by atoms with E-state index in [0.29, 0.717) is 16.7 Å². The van der Waals surface area contributed by atoms with E-state index in [4.69, 9.17) is 17.3 Å². The van der Waals surface area contributed by atoms with Gasteiger partial charge in [0.2, 0.25) is 0 Å². The molecule has 0 bridgehead atoms. The van der Waals surface area contributed by atoms with E-state index < -0.39 is 0 Å². The van der Waals surface area contributed by atoms with Crippen LogP contribution in [0.1, 0.15) is 49.3 Å². The van der Waals surface area contributed by atoms with Gasteiger partial charge in [-0.15, -0.1) is 12.4 Å². The molecule has 0 aromatic heterocycles. The van der Waals surface area contributed by atoms with Crippen LogP contribution >= 0.6 is 24.0 Å². The molecule has 0 unspecified atom stereocenters. The highest BCUT2D eigenvalue weighted by Crippen LogP contribution is 2.38. The molecule has 1 aliphatic carbocycles. The van der Waals surface area contributed by atoms with Gasteiger partial charge in [0.05, 0.1) is 0 Å². The predicted octanol–water partition coefficient (Wildman–Crippen LogP) is 4.36. The first-order valence-corrected chi connectivity index (χ1v) is 6.72. The van der Waals surface area contributed by atoms with Crippen molar-refractivity contribution in [3.63, 3.8) is 0 Å². The summed E-state index contributed by atoms with van der Waals surface area (Å²) in [6, 6.07) is 3.49. The number of benzene rings is 1. The number of aromatic hydroxyl groups is 1. The molecule has 1 aromatic rings. The summed E-state index contributed by atoms with van der Waals surface area (Å²) in [4.78, 5) is 0. The van der Waals surface area contributed by atoms with E-state index in [-0.39, 0.29) is 18.4 Å². The van der Waals surface area contributed by atoms with Gasteiger partial charge in [-0.05, 0) is 43.4 Å². The van der Waals surface area contributed by atoms with Crippen molar-refractivity contribution in [2.24, 2.45) is 11.7 Å². The first-order chi connectivity index (χ1) is 8.09. The summed E-state index contributed by atoms with van der Waals surface area (Å²) in [6.45, 7) is 1.86. The average molecular weight is 290 g/mol. The van der Waals surface area contributed by atoms with Crippen LogP contribution in [0.15, 0.2) is 12.1 Å². The summed E-state index contributed by atoms with van der Waals surface area (Å²) in [5.74, 6) is 0.792. The molecule has 1 fully saturated rings. The lowest BCUT2D eigenvalue weighted by Gasteiger charge is -2.28. The average Bonchev–Trinajstić information content (AvgIpc) is 2.34. The maximum Gasteiger partial charge on any atom is 0.123 e. The fourth-order valence-corrected chi connectivity index (χ4v) is 3.04. The van der Waals surface area contributed by atoms with E-state index in [1.807, 2.05) is 13.0 Å². The third-order valence-corrected chi connectivity index (χ3v) is 4.03. The van der Waals surface area contributed by atoms with E-state index in [0.717, 1.165) is 24.0 Å². The van der Waals surface area contributed by atoms with Gasteiger partial charge < -0.3 is 10.8 Å². The number of phenolic OH excluding ortho intramolecular Hbond substituents is 1. The molecule has 1 saturated carbocycles. The van der Waals surface area contributed by atoms with Crippen LogP contribution < -0.4 is 5.73 Å². The fourth-order valence-electron chi connectivity index (χ4n) is 2.76. The smallest absolute Gasteiger partial charge is 0.123 e. The number of hydrogen-bond acceptors (Lipinski definition) is 2. The topological polar surface area (TPSA) is 46.2 Å². The Hall–Kier alpha value is -0.440. The lowest BCUT2D eigenvalue weighted by atomic mass is 9.81. The molecule has 1 aliphatic rings. The molecule has 3 N–H and O–H groups in total. The summed E-state index contributed by atoms with van der Waals surface area (Å²) in [5, 5.41) is 10.7. The summed E-state index contributed by atoms with van der Waals surface area (Å²) < 4.78 is 0. The fraction of sp³-hybridized carbons (Fsp3) is 0.571. The number of aryl methyl sites for hydroxylation is 1. The highest BCUT2D eigenvalue weighted by atomic mass is 35.5. The van der Waals surface area contributed by atoms with Crippen LogP contribution in [0.4, 0.5) is 0 Å². The lowest BCUT2D eigenvalue weighted by molar-refractivity contribution is 0.303. The molecule has 0 heterocycles. The zero-order chi connectivity index (χ0) is 12.4. The standard InChI is InChI=1S/C14H20ClNO.ClH/c1-9-7-11(15)8-12(14(9)17)13(16)10-5-3-2-4-6-10;/h7-8,10,13,17H,2-6,16H2,1H3;1H/t13-;/m1./s1. The van der Waals surface area contributed by atoms with Crippen LogP contribution in [0, 0.1) is 12.8 Å². The van der Waals surface area contributed by atoms with Crippen molar-refractivity contribution < 1.29 is 5.11 Å². The zero-order valence-electron chi connectivity index (χ0n) is 10.7. The van der Waals surface area contributed by atoms with Gasteiger partial charge in [0.15, 0.2) is 0 Å². The molecule has 2 nitrogen and oxygen atoms in total. The van der Waals surface area contributed by atoms with Crippen molar-refractivity contribution in [3.05, 3.63) is 28.3 Å². The minimum atomic E-state index is -0.0901. The Morgan fingerprint density at radius 3 is 2.50 bits per heavy atom. The van der Waals surface area contributed by atoms with E-state index in [2.05, 4.69) is 0 Å². The Kier molecular flexibility index (Phi) is 5.77. The van der Waals surface area contributed by atoms with Gasteiger partial charge in [-0.1, -0.05) is 30.9 Å². The highest BCUT2D eigenvalue weighted by molar-refractivity contribution is 6.30. The van der Waals surface area contributed by atoms with E-state index >= 15 is 0 Å². The van der Waals surface area contributed by atoms with E-state index in [1.165, 1.54) is 19.3 Å². The van der Waals surface area contributed by atoms with Gasteiger partial charge in [0.25, 0.3) is 0 Å². The van der Waals surface area contributed by atoms with Gasteiger partial charge in [0, 0.05) is 16.6 Å². The van der Waals surface area contributed by atoms with Crippen molar-refractivity contribution in [1.82, 2.24) is 0 Å². The van der Waals surface area contributed by atoms with Gasteiger partial charge in [0.1, 0.15) is 5.75 Å². The molecule has 0 aliphatic heterocycles. The van der Waals surface area contributed by atoms with E-state index in [1.54, 1.807) is 6.07 Å². The van der Waals surface area contributed by atoms with Crippen LogP contribution in [0.5, 0.6) is 5.75 Å². The van der Waals surface area contributed by atoms with Crippen molar-refractivity contribution in [3.8, 4) is 5.75 Å². The van der Waals surface area contributed by atoms with Crippen LogP contribution in [-0.2, 0) is 0 Å². The minimum Gasteiger partial charge on any atom is -0.507 e.